The number of methoxy groups -OCH3 is 1. The first-order valence-corrected chi connectivity index (χ1v) is 8.51. The second-order valence-electron chi connectivity index (χ2n) is 6.06. The van der Waals surface area contributed by atoms with Gasteiger partial charge in [0, 0.05) is 11.3 Å². The number of nitrogens with two attached hydrogens (primary N) is 1. The summed E-state index contributed by atoms with van der Waals surface area (Å²) in [5, 5.41) is 20.6. The molecule has 5 N–H and O–H groups in total. The molecule has 6 nitrogen and oxygen atoms in total. The van der Waals surface area contributed by atoms with E-state index in [0.717, 1.165) is 17.7 Å². The van der Waals surface area contributed by atoms with Crippen LogP contribution in [0.3, 0.4) is 0 Å². The minimum atomic E-state index is -1.27. The molecular formula is C20H25N3O3. The van der Waals surface area contributed by atoms with Crippen LogP contribution in [0.5, 0.6) is 5.75 Å². The first-order valence-electron chi connectivity index (χ1n) is 8.51. The van der Waals surface area contributed by atoms with Crippen LogP contribution in [-0.4, -0.2) is 24.0 Å². The monoisotopic (exact) mass is 355 g/mol. The molecule has 0 fully saturated rings. The van der Waals surface area contributed by atoms with Gasteiger partial charge in [-0.25, -0.2) is 4.79 Å². The summed E-state index contributed by atoms with van der Waals surface area (Å²) in [6.07, 6.45) is 1.09. The zero-order valence-corrected chi connectivity index (χ0v) is 15.3. The van der Waals surface area contributed by atoms with Crippen molar-refractivity contribution in [1.82, 2.24) is 0 Å². The molecule has 0 spiro atoms. The fourth-order valence-electron chi connectivity index (χ4n) is 2.99. The highest BCUT2D eigenvalue weighted by Gasteiger charge is 2.39. The number of aliphatic carboxylic acids is 1. The van der Waals surface area contributed by atoms with Gasteiger partial charge in [-0.3, -0.25) is 5.41 Å². The molecular weight excluding hydrogens is 330 g/mol. The number of hydrogen-bond acceptors (Lipinski definition) is 4. The van der Waals surface area contributed by atoms with Crippen molar-refractivity contribution in [3.63, 3.8) is 0 Å². The Morgan fingerprint density at radius 2 is 1.88 bits per heavy atom. The molecule has 138 valence electrons. The van der Waals surface area contributed by atoms with E-state index >= 15 is 0 Å². The molecule has 0 aliphatic heterocycles. The van der Waals surface area contributed by atoms with Gasteiger partial charge < -0.3 is 20.9 Å². The first kappa shape index (κ1) is 19.3. The number of hydrogen-bond donors (Lipinski definition) is 4. The van der Waals surface area contributed by atoms with Crippen molar-refractivity contribution < 1.29 is 14.6 Å². The van der Waals surface area contributed by atoms with E-state index in [4.69, 9.17) is 15.9 Å². The number of carbonyl (C=O) groups is 1. The van der Waals surface area contributed by atoms with Crippen LogP contribution in [0.4, 0.5) is 5.69 Å². The molecule has 2 aromatic rings. The van der Waals surface area contributed by atoms with Crippen molar-refractivity contribution in [1.29, 1.82) is 5.41 Å². The highest BCUT2D eigenvalue weighted by atomic mass is 16.5. The van der Waals surface area contributed by atoms with Crippen LogP contribution >= 0.6 is 0 Å². The predicted molar refractivity (Wildman–Crippen MR) is 103 cm³/mol. The molecule has 2 rings (SSSR count). The van der Waals surface area contributed by atoms with E-state index in [2.05, 4.69) is 5.32 Å². The number of anilines is 1. The van der Waals surface area contributed by atoms with Crippen LogP contribution in [0.15, 0.2) is 42.5 Å². The quantitative estimate of drug-likeness (QED) is 0.429. The number of aryl methyl sites for hydroxylation is 1. The Morgan fingerprint density at radius 3 is 2.35 bits per heavy atom. The molecule has 0 amide bonds. The third kappa shape index (κ3) is 3.64. The molecule has 2 aromatic carbocycles. The molecule has 0 radical (unpaired) electrons. The number of rotatable bonds is 8. The van der Waals surface area contributed by atoms with Gasteiger partial charge in [-0.2, -0.15) is 0 Å². The SMILES string of the molecule is CCc1cc(C(CC)(Nc2ccc(C(=N)N)cc2)C(=O)O)ccc1OC. The van der Waals surface area contributed by atoms with Crippen molar-refractivity contribution in [3.05, 3.63) is 59.2 Å². The van der Waals surface area contributed by atoms with Gasteiger partial charge in [0.15, 0.2) is 5.54 Å². The van der Waals surface area contributed by atoms with Gasteiger partial charge in [0.1, 0.15) is 11.6 Å². The van der Waals surface area contributed by atoms with Crippen LogP contribution in [-0.2, 0) is 16.8 Å². The molecule has 0 aliphatic rings. The number of carboxylic acids is 1. The Bertz CT molecular complexity index is 802. The molecule has 0 aliphatic carbocycles. The topological polar surface area (TPSA) is 108 Å². The maximum Gasteiger partial charge on any atom is 0.334 e. The summed E-state index contributed by atoms with van der Waals surface area (Å²) in [7, 11) is 1.60. The minimum absolute atomic E-state index is 0.0284. The second kappa shape index (κ2) is 7.91. The zero-order chi connectivity index (χ0) is 19.3. The summed E-state index contributed by atoms with van der Waals surface area (Å²) in [5.41, 5.74) is 7.06. The fraction of sp³-hybridized carbons (Fsp3) is 0.300. The molecule has 0 heterocycles. The summed E-state index contributed by atoms with van der Waals surface area (Å²) >= 11 is 0. The third-order valence-corrected chi connectivity index (χ3v) is 4.60. The van der Waals surface area contributed by atoms with E-state index in [-0.39, 0.29) is 5.84 Å². The molecule has 0 aromatic heterocycles. The maximum absolute atomic E-state index is 12.2. The van der Waals surface area contributed by atoms with Gasteiger partial charge in [0.2, 0.25) is 0 Å². The number of nitrogens with one attached hydrogen (secondary N) is 2. The lowest BCUT2D eigenvalue weighted by atomic mass is 9.85. The Morgan fingerprint density at radius 1 is 1.23 bits per heavy atom. The Hall–Kier alpha value is -3.02. The summed E-state index contributed by atoms with van der Waals surface area (Å²) in [6, 6.07) is 12.3. The van der Waals surface area contributed by atoms with E-state index in [0.29, 0.717) is 23.2 Å². The summed E-state index contributed by atoms with van der Waals surface area (Å²) < 4.78 is 5.35. The predicted octanol–water partition coefficient (Wildman–Crippen LogP) is 3.34. The summed E-state index contributed by atoms with van der Waals surface area (Å²) in [6.45, 7) is 3.84. The number of carboxylic acid groups (broad SMARTS) is 1. The highest BCUT2D eigenvalue weighted by molar-refractivity contribution is 5.95. The zero-order valence-electron chi connectivity index (χ0n) is 15.3. The van der Waals surface area contributed by atoms with Crippen molar-refractivity contribution >= 4 is 17.5 Å². The van der Waals surface area contributed by atoms with Crippen molar-refractivity contribution in [2.75, 3.05) is 12.4 Å². The van der Waals surface area contributed by atoms with E-state index in [9.17, 15) is 9.90 Å². The number of amidine groups is 1. The van der Waals surface area contributed by atoms with Gasteiger partial charge in [-0.1, -0.05) is 19.9 Å². The van der Waals surface area contributed by atoms with Gasteiger partial charge >= 0.3 is 5.97 Å². The van der Waals surface area contributed by atoms with E-state index < -0.39 is 11.5 Å². The van der Waals surface area contributed by atoms with E-state index in [1.54, 1.807) is 37.4 Å². The molecule has 1 unspecified atom stereocenters. The van der Waals surface area contributed by atoms with E-state index in [1.165, 1.54) is 0 Å². The van der Waals surface area contributed by atoms with Gasteiger partial charge in [0.05, 0.1) is 7.11 Å². The molecule has 6 heteroatoms. The van der Waals surface area contributed by atoms with Gasteiger partial charge in [-0.05, 0) is 60.4 Å². The normalized spacial score (nSPS) is 12.9. The smallest absolute Gasteiger partial charge is 0.334 e. The van der Waals surface area contributed by atoms with Crippen molar-refractivity contribution in [3.8, 4) is 5.75 Å². The first-order chi connectivity index (χ1) is 12.4. The Balaban J connectivity index is 2.48. The Kier molecular flexibility index (Phi) is 5.87. The van der Waals surface area contributed by atoms with Crippen LogP contribution in [0.2, 0.25) is 0 Å². The van der Waals surface area contributed by atoms with Crippen LogP contribution < -0.4 is 15.8 Å². The number of ether oxygens (including phenoxy) is 1. The lowest BCUT2D eigenvalue weighted by molar-refractivity contribution is -0.142. The van der Waals surface area contributed by atoms with Crippen LogP contribution in [0.25, 0.3) is 0 Å². The second-order valence-corrected chi connectivity index (χ2v) is 6.06. The van der Waals surface area contributed by atoms with Gasteiger partial charge in [0.25, 0.3) is 0 Å². The van der Waals surface area contributed by atoms with Crippen LogP contribution in [0, 0.1) is 5.41 Å². The number of nitrogen functional groups attached to an aromatic ring is 1. The van der Waals surface area contributed by atoms with Crippen molar-refractivity contribution in [2.24, 2.45) is 5.73 Å². The molecule has 0 bridgehead atoms. The molecule has 1 atom stereocenters. The van der Waals surface area contributed by atoms with Crippen molar-refractivity contribution in [2.45, 2.75) is 32.2 Å². The lowest BCUT2D eigenvalue weighted by Gasteiger charge is -2.32. The maximum atomic E-state index is 12.2. The summed E-state index contributed by atoms with van der Waals surface area (Å²) in [4.78, 5) is 12.2. The fourth-order valence-corrected chi connectivity index (χ4v) is 2.99. The molecule has 26 heavy (non-hydrogen) atoms. The minimum Gasteiger partial charge on any atom is -0.496 e. The number of benzene rings is 2. The standard InChI is InChI=1S/C20H25N3O3/c1-4-13-12-15(8-11-17(13)26-3)20(5-2,19(24)25)23-16-9-6-14(7-10-16)18(21)22/h6-12,23H,4-5H2,1-3H3,(H3,21,22)(H,24,25). The highest BCUT2D eigenvalue weighted by Crippen LogP contribution is 2.33. The average molecular weight is 355 g/mol. The summed E-state index contributed by atoms with van der Waals surface area (Å²) in [5.74, 6) is -0.236. The van der Waals surface area contributed by atoms with Gasteiger partial charge in [-0.15, -0.1) is 0 Å². The largest absolute Gasteiger partial charge is 0.496 e. The third-order valence-electron chi connectivity index (χ3n) is 4.60. The molecule has 0 saturated carbocycles. The van der Waals surface area contributed by atoms with E-state index in [1.807, 2.05) is 26.0 Å². The Labute approximate surface area is 153 Å². The van der Waals surface area contributed by atoms with Crippen LogP contribution in [0.1, 0.15) is 37.0 Å². The average Bonchev–Trinajstić information content (AvgIpc) is 2.65. The lowest BCUT2D eigenvalue weighted by Crippen LogP contribution is -2.43. The molecule has 0 saturated heterocycles.